The number of allylic oxidation sites excluding steroid dienone is 3. The summed E-state index contributed by atoms with van der Waals surface area (Å²) < 4.78 is 22.1. The van der Waals surface area contributed by atoms with Gasteiger partial charge in [0.2, 0.25) is 5.88 Å². The van der Waals surface area contributed by atoms with Gasteiger partial charge in [0, 0.05) is 12.7 Å². The van der Waals surface area contributed by atoms with Gasteiger partial charge in [-0.05, 0) is 49.9 Å². The Morgan fingerprint density at radius 2 is 2.08 bits per heavy atom. The van der Waals surface area contributed by atoms with E-state index in [1.165, 1.54) is 6.34 Å². The maximum absolute atomic E-state index is 5.97. The van der Waals surface area contributed by atoms with Crippen molar-refractivity contribution in [3.63, 3.8) is 0 Å². The van der Waals surface area contributed by atoms with Crippen molar-refractivity contribution in [2.45, 2.75) is 13.3 Å². The molecule has 138 valence electrons. The van der Waals surface area contributed by atoms with E-state index in [2.05, 4.69) is 16.7 Å². The lowest BCUT2D eigenvalue weighted by Crippen LogP contribution is -2.09. The van der Waals surface area contributed by atoms with Crippen molar-refractivity contribution in [2.24, 2.45) is 9.98 Å². The van der Waals surface area contributed by atoms with Crippen molar-refractivity contribution in [2.75, 3.05) is 27.4 Å². The van der Waals surface area contributed by atoms with E-state index < -0.39 is 0 Å². The highest BCUT2D eigenvalue weighted by Crippen LogP contribution is 2.28. The van der Waals surface area contributed by atoms with E-state index >= 15 is 0 Å². The van der Waals surface area contributed by atoms with Crippen LogP contribution < -0.4 is 4.74 Å². The molecule has 26 heavy (non-hydrogen) atoms. The van der Waals surface area contributed by atoms with Crippen LogP contribution in [0.5, 0.6) is 5.75 Å². The van der Waals surface area contributed by atoms with Crippen LogP contribution in [0, 0.1) is 6.92 Å². The molecule has 1 aliphatic rings. The first-order valence-electron chi connectivity index (χ1n) is 8.22. The number of ether oxygens (including phenoxy) is 4. The second-order valence-corrected chi connectivity index (χ2v) is 5.50. The molecular formula is C20H24N2O4. The molecule has 0 atom stereocenters. The minimum absolute atomic E-state index is 0.435. The second kappa shape index (κ2) is 10.2. The van der Waals surface area contributed by atoms with Crippen molar-refractivity contribution >= 4 is 13.1 Å². The maximum Gasteiger partial charge on any atom is 0.224 e. The number of aryl methyl sites for hydroxylation is 1. The minimum atomic E-state index is 0.435. The van der Waals surface area contributed by atoms with E-state index in [9.17, 15) is 0 Å². The fourth-order valence-corrected chi connectivity index (χ4v) is 2.32. The molecule has 0 saturated heterocycles. The van der Waals surface area contributed by atoms with Crippen LogP contribution in [-0.2, 0) is 14.2 Å². The summed E-state index contributed by atoms with van der Waals surface area (Å²) in [7, 11) is 3.23. The number of nitrogens with zero attached hydrogens (tertiary/aromatic N) is 2. The van der Waals surface area contributed by atoms with Crippen LogP contribution in [-0.4, -0.2) is 40.5 Å². The van der Waals surface area contributed by atoms with Gasteiger partial charge in [-0.1, -0.05) is 12.1 Å². The van der Waals surface area contributed by atoms with Gasteiger partial charge in [-0.3, -0.25) is 4.99 Å². The van der Waals surface area contributed by atoms with Crippen LogP contribution in [0.15, 0.2) is 69.4 Å². The van der Waals surface area contributed by atoms with E-state index in [0.29, 0.717) is 42.8 Å². The molecule has 0 heterocycles. The standard InChI is InChI=1S/C20H24N2O4/c1-15-6-5-7-17(12-15)26-20(22-14-21-2)16-8-9-18(19(13-16)24-4)25-11-10-23-3/h5-7,9,12-14H,2,8,10-11H2,1,3-4H3/b20-16-,22-14-. The van der Waals surface area contributed by atoms with Gasteiger partial charge in [0.05, 0.1) is 13.7 Å². The molecule has 0 unspecified atom stereocenters. The zero-order valence-electron chi connectivity index (χ0n) is 15.4. The van der Waals surface area contributed by atoms with Gasteiger partial charge in [0.15, 0.2) is 11.5 Å². The topological polar surface area (TPSA) is 61.6 Å². The van der Waals surface area contributed by atoms with E-state index in [-0.39, 0.29) is 0 Å². The molecule has 1 aliphatic carbocycles. The molecule has 1 aromatic rings. The lowest BCUT2D eigenvalue weighted by molar-refractivity contribution is 0.100. The molecule has 0 bridgehead atoms. The third kappa shape index (κ3) is 5.60. The minimum Gasteiger partial charge on any atom is -0.493 e. The van der Waals surface area contributed by atoms with Gasteiger partial charge in [0.25, 0.3) is 0 Å². The quantitative estimate of drug-likeness (QED) is 0.292. The molecule has 0 aromatic heterocycles. The Kier molecular flexibility index (Phi) is 7.64. The lowest BCUT2D eigenvalue weighted by atomic mass is 10.1. The molecule has 1 aromatic carbocycles. The summed E-state index contributed by atoms with van der Waals surface area (Å²) in [5.41, 5.74) is 1.95. The number of aliphatic imine (C=N–C) groups is 2. The first-order valence-corrected chi connectivity index (χ1v) is 8.22. The van der Waals surface area contributed by atoms with Gasteiger partial charge in [0.1, 0.15) is 18.7 Å². The molecule has 0 radical (unpaired) electrons. The Balaban J connectivity index is 2.27. The third-order valence-corrected chi connectivity index (χ3v) is 3.56. The Bertz CT molecular complexity index is 748. The van der Waals surface area contributed by atoms with Gasteiger partial charge in [-0.25, -0.2) is 4.99 Å². The average molecular weight is 356 g/mol. The summed E-state index contributed by atoms with van der Waals surface area (Å²) in [5, 5.41) is 0. The molecule has 2 rings (SSSR count). The van der Waals surface area contributed by atoms with Crippen molar-refractivity contribution < 1.29 is 18.9 Å². The Labute approximate surface area is 154 Å². The molecule has 6 nitrogen and oxygen atoms in total. The van der Waals surface area contributed by atoms with Crippen LogP contribution in [0.1, 0.15) is 12.0 Å². The maximum atomic E-state index is 5.97. The summed E-state index contributed by atoms with van der Waals surface area (Å²) in [5.74, 6) is 2.42. The fourth-order valence-electron chi connectivity index (χ4n) is 2.32. The highest BCUT2D eigenvalue weighted by molar-refractivity contribution is 5.63. The first kappa shape index (κ1) is 19.5. The van der Waals surface area contributed by atoms with E-state index in [1.54, 1.807) is 14.2 Å². The smallest absolute Gasteiger partial charge is 0.224 e. The van der Waals surface area contributed by atoms with Crippen LogP contribution >= 0.6 is 0 Å². The Morgan fingerprint density at radius 1 is 1.23 bits per heavy atom. The second-order valence-electron chi connectivity index (χ2n) is 5.50. The van der Waals surface area contributed by atoms with Crippen LogP contribution in [0.4, 0.5) is 0 Å². The third-order valence-electron chi connectivity index (χ3n) is 3.56. The van der Waals surface area contributed by atoms with Gasteiger partial charge in [-0.15, -0.1) is 0 Å². The zero-order chi connectivity index (χ0) is 18.8. The van der Waals surface area contributed by atoms with E-state index in [1.807, 2.05) is 43.3 Å². The Morgan fingerprint density at radius 3 is 2.77 bits per heavy atom. The molecule has 0 amide bonds. The average Bonchev–Trinajstić information content (AvgIpc) is 2.65. The molecule has 0 fully saturated rings. The van der Waals surface area contributed by atoms with Gasteiger partial charge < -0.3 is 18.9 Å². The summed E-state index contributed by atoms with van der Waals surface area (Å²) in [4.78, 5) is 7.94. The van der Waals surface area contributed by atoms with Crippen LogP contribution in [0.3, 0.4) is 0 Å². The van der Waals surface area contributed by atoms with Gasteiger partial charge >= 0.3 is 0 Å². The predicted molar refractivity (Wildman–Crippen MR) is 102 cm³/mol. The summed E-state index contributed by atoms with van der Waals surface area (Å²) >= 11 is 0. The monoisotopic (exact) mass is 356 g/mol. The predicted octanol–water partition coefficient (Wildman–Crippen LogP) is 3.80. The highest BCUT2D eigenvalue weighted by atomic mass is 16.5. The first-order chi connectivity index (χ1) is 12.7. The van der Waals surface area contributed by atoms with Crippen molar-refractivity contribution in [3.8, 4) is 5.75 Å². The zero-order valence-corrected chi connectivity index (χ0v) is 15.4. The largest absolute Gasteiger partial charge is 0.493 e. The van der Waals surface area contributed by atoms with E-state index in [4.69, 9.17) is 18.9 Å². The lowest BCUT2D eigenvalue weighted by Gasteiger charge is -2.18. The fraction of sp³-hybridized carbons (Fsp3) is 0.300. The molecule has 0 N–H and O–H groups in total. The molecular weight excluding hydrogens is 332 g/mol. The van der Waals surface area contributed by atoms with Crippen molar-refractivity contribution in [1.29, 1.82) is 0 Å². The number of methoxy groups -OCH3 is 2. The van der Waals surface area contributed by atoms with E-state index in [0.717, 1.165) is 11.1 Å². The summed E-state index contributed by atoms with van der Waals surface area (Å²) in [6.07, 6.45) is 5.73. The number of rotatable bonds is 9. The molecule has 0 aliphatic heterocycles. The Hall–Kier alpha value is -2.86. The number of hydrogen-bond acceptors (Lipinski definition) is 5. The molecule has 0 saturated carbocycles. The van der Waals surface area contributed by atoms with Crippen LogP contribution in [0.2, 0.25) is 0 Å². The molecule has 0 spiro atoms. The van der Waals surface area contributed by atoms with Crippen molar-refractivity contribution in [1.82, 2.24) is 0 Å². The summed E-state index contributed by atoms with van der Waals surface area (Å²) in [6, 6.07) is 7.76. The normalized spacial score (nSPS) is 16.0. The number of hydrogen-bond donors (Lipinski definition) is 0. The van der Waals surface area contributed by atoms with Gasteiger partial charge in [-0.2, -0.15) is 0 Å². The number of benzene rings is 1. The SMILES string of the molecule is C=N/C=N\C(Oc1cccc(C)c1)=C1\C=C(OC)C(OCCOC)=CC1. The highest BCUT2D eigenvalue weighted by Gasteiger charge is 2.17. The molecule has 6 heteroatoms. The van der Waals surface area contributed by atoms with Crippen molar-refractivity contribution in [3.05, 3.63) is 65.0 Å². The summed E-state index contributed by atoms with van der Waals surface area (Å²) in [6.45, 7) is 6.39. The van der Waals surface area contributed by atoms with Crippen LogP contribution in [0.25, 0.3) is 0 Å².